The molecule has 1 aliphatic carbocycles. The number of aliphatic hydroxyl groups excluding tert-OH is 1. The van der Waals surface area contributed by atoms with Crippen LogP contribution in [-0.4, -0.2) is 23.7 Å². The fourth-order valence-electron chi connectivity index (χ4n) is 2.01. The van der Waals surface area contributed by atoms with Crippen molar-refractivity contribution >= 4 is 5.82 Å². The molecule has 1 heterocycles. The van der Waals surface area contributed by atoms with Crippen LogP contribution in [0.15, 0.2) is 12.3 Å². The van der Waals surface area contributed by atoms with Crippen LogP contribution in [0.3, 0.4) is 0 Å². The van der Waals surface area contributed by atoms with Gasteiger partial charge in [-0.05, 0) is 24.8 Å². The van der Waals surface area contributed by atoms with Crippen LogP contribution < -0.4 is 4.90 Å². The molecule has 0 unspecified atom stereocenters. The molecule has 0 aliphatic heterocycles. The Labute approximate surface area is 94.9 Å². The Balaban J connectivity index is 2.11. The summed E-state index contributed by atoms with van der Waals surface area (Å²) in [5, 5.41) is 8.98. The van der Waals surface area contributed by atoms with Gasteiger partial charge in [0.05, 0.1) is 6.61 Å². The predicted octanol–water partition coefficient (Wildman–Crippen LogP) is 1.95. The van der Waals surface area contributed by atoms with E-state index < -0.39 is 5.82 Å². The molecular formula is C12H17FN2O. The number of rotatable bonds is 4. The molecule has 0 atom stereocenters. The van der Waals surface area contributed by atoms with Gasteiger partial charge in [0.25, 0.3) is 0 Å². The van der Waals surface area contributed by atoms with Crippen molar-refractivity contribution in [1.82, 2.24) is 4.98 Å². The van der Waals surface area contributed by atoms with E-state index in [1.165, 1.54) is 25.3 Å². The first kappa shape index (κ1) is 11.3. The second kappa shape index (κ2) is 4.78. The molecule has 2 rings (SSSR count). The van der Waals surface area contributed by atoms with Crippen LogP contribution >= 0.6 is 0 Å². The molecular weight excluding hydrogens is 207 g/mol. The summed E-state index contributed by atoms with van der Waals surface area (Å²) in [4.78, 5) is 5.88. The van der Waals surface area contributed by atoms with Crippen molar-refractivity contribution in [2.24, 2.45) is 5.92 Å². The van der Waals surface area contributed by atoms with Gasteiger partial charge < -0.3 is 10.0 Å². The van der Waals surface area contributed by atoms with E-state index in [0.29, 0.717) is 17.3 Å². The summed E-state index contributed by atoms with van der Waals surface area (Å²) in [5.74, 6) is 0.620. The molecule has 1 N–H and O–H groups in total. The standard InChI is InChI=1S/C12H17FN2O/c1-15(7-9-3-2-4-9)12-11(13)10(8-16)5-6-14-12/h5-6,9,16H,2-4,7-8H2,1H3. The predicted molar refractivity (Wildman–Crippen MR) is 60.7 cm³/mol. The van der Waals surface area contributed by atoms with Gasteiger partial charge in [-0.1, -0.05) is 6.42 Å². The lowest BCUT2D eigenvalue weighted by Crippen LogP contribution is -2.30. The summed E-state index contributed by atoms with van der Waals surface area (Å²) < 4.78 is 13.8. The van der Waals surface area contributed by atoms with Gasteiger partial charge in [0.1, 0.15) is 0 Å². The normalized spacial score (nSPS) is 15.9. The summed E-state index contributed by atoms with van der Waals surface area (Å²) in [7, 11) is 1.85. The molecule has 0 aromatic carbocycles. The van der Waals surface area contributed by atoms with E-state index in [1.54, 1.807) is 6.20 Å². The topological polar surface area (TPSA) is 36.4 Å². The van der Waals surface area contributed by atoms with Crippen LogP contribution in [-0.2, 0) is 6.61 Å². The van der Waals surface area contributed by atoms with E-state index in [1.807, 2.05) is 11.9 Å². The molecule has 0 bridgehead atoms. The average molecular weight is 224 g/mol. The van der Waals surface area contributed by atoms with Crippen LogP contribution in [0.1, 0.15) is 24.8 Å². The number of aromatic nitrogens is 1. The van der Waals surface area contributed by atoms with Crippen molar-refractivity contribution in [3.63, 3.8) is 0 Å². The molecule has 0 amide bonds. The van der Waals surface area contributed by atoms with Crippen molar-refractivity contribution in [3.05, 3.63) is 23.6 Å². The summed E-state index contributed by atoms with van der Waals surface area (Å²) in [6.45, 7) is 0.567. The van der Waals surface area contributed by atoms with Gasteiger partial charge in [0.2, 0.25) is 0 Å². The van der Waals surface area contributed by atoms with Crippen LogP contribution in [0.2, 0.25) is 0 Å². The molecule has 3 nitrogen and oxygen atoms in total. The lowest BCUT2D eigenvalue weighted by atomic mass is 9.85. The molecule has 4 heteroatoms. The Morgan fingerprint density at radius 3 is 2.88 bits per heavy atom. The Hall–Kier alpha value is -1.16. The van der Waals surface area contributed by atoms with Crippen LogP contribution in [0.25, 0.3) is 0 Å². The van der Waals surface area contributed by atoms with Gasteiger partial charge in [0, 0.05) is 25.4 Å². The third-order valence-electron chi connectivity index (χ3n) is 3.24. The Bertz CT molecular complexity index is 366. The summed E-state index contributed by atoms with van der Waals surface area (Å²) in [6.07, 6.45) is 5.28. The van der Waals surface area contributed by atoms with E-state index in [-0.39, 0.29) is 6.61 Å². The van der Waals surface area contributed by atoms with E-state index in [0.717, 1.165) is 6.54 Å². The highest BCUT2D eigenvalue weighted by Crippen LogP contribution is 2.28. The van der Waals surface area contributed by atoms with E-state index in [9.17, 15) is 4.39 Å². The van der Waals surface area contributed by atoms with E-state index in [4.69, 9.17) is 5.11 Å². The zero-order valence-electron chi connectivity index (χ0n) is 9.49. The SMILES string of the molecule is CN(CC1CCC1)c1nccc(CO)c1F. The van der Waals surface area contributed by atoms with Crippen molar-refractivity contribution < 1.29 is 9.50 Å². The number of pyridine rings is 1. The molecule has 1 aromatic heterocycles. The molecule has 0 saturated heterocycles. The van der Waals surface area contributed by atoms with Gasteiger partial charge >= 0.3 is 0 Å². The molecule has 1 aliphatic rings. The minimum atomic E-state index is -0.396. The molecule has 88 valence electrons. The Morgan fingerprint density at radius 1 is 1.56 bits per heavy atom. The minimum Gasteiger partial charge on any atom is -0.392 e. The summed E-state index contributed by atoms with van der Waals surface area (Å²) >= 11 is 0. The van der Waals surface area contributed by atoms with Crippen molar-refractivity contribution in [1.29, 1.82) is 0 Å². The van der Waals surface area contributed by atoms with Crippen LogP contribution in [0, 0.1) is 11.7 Å². The lowest BCUT2D eigenvalue weighted by Gasteiger charge is -2.30. The summed E-state index contributed by atoms with van der Waals surface area (Å²) in [5.41, 5.74) is 0.311. The van der Waals surface area contributed by atoms with Gasteiger partial charge in [-0.25, -0.2) is 9.37 Å². The number of nitrogens with zero attached hydrogens (tertiary/aromatic N) is 2. The van der Waals surface area contributed by atoms with Crippen LogP contribution in [0.4, 0.5) is 10.2 Å². The maximum atomic E-state index is 13.8. The fraction of sp³-hybridized carbons (Fsp3) is 0.583. The second-order valence-corrected chi connectivity index (χ2v) is 4.44. The van der Waals surface area contributed by atoms with Crippen molar-refractivity contribution in [3.8, 4) is 0 Å². The van der Waals surface area contributed by atoms with Gasteiger partial charge in [-0.2, -0.15) is 0 Å². The second-order valence-electron chi connectivity index (χ2n) is 4.44. The number of halogens is 1. The number of hydrogen-bond acceptors (Lipinski definition) is 3. The maximum absolute atomic E-state index is 13.8. The average Bonchev–Trinajstić information content (AvgIpc) is 2.23. The van der Waals surface area contributed by atoms with E-state index in [2.05, 4.69) is 4.98 Å². The maximum Gasteiger partial charge on any atom is 0.171 e. The highest BCUT2D eigenvalue weighted by molar-refractivity contribution is 5.42. The van der Waals surface area contributed by atoms with Crippen molar-refractivity contribution in [2.45, 2.75) is 25.9 Å². The third kappa shape index (κ3) is 2.16. The highest BCUT2D eigenvalue weighted by Gasteiger charge is 2.21. The van der Waals surface area contributed by atoms with Crippen LogP contribution in [0.5, 0.6) is 0 Å². The third-order valence-corrected chi connectivity index (χ3v) is 3.24. The largest absolute Gasteiger partial charge is 0.392 e. The zero-order valence-corrected chi connectivity index (χ0v) is 9.49. The van der Waals surface area contributed by atoms with Crippen molar-refractivity contribution in [2.75, 3.05) is 18.5 Å². The monoisotopic (exact) mass is 224 g/mol. The molecule has 1 saturated carbocycles. The van der Waals surface area contributed by atoms with E-state index >= 15 is 0 Å². The summed E-state index contributed by atoms with van der Waals surface area (Å²) in [6, 6.07) is 1.51. The number of anilines is 1. The highest BCUT2D eigenvalue weighted by atomic mass is 19.1. The van der Waals surface area contributed by atoms with Gasteiger partial charge in [0.15, 0.2) is 11.6 Å². The molecule has 1 fully saturated rings. The molecule has 1 aromatic rings. The van der Waals surface area contributed by atoms with Gasteiger partial charge in [-0.3, -0.25) is 0 Å². The lowest BCUT2D eigenvalue weighted by molar-refractivity contribution is 0.275. The molecule has 0 spiro atoms. The molecule has 0 radical (unpaired) electrons. The van der Waals surface area contributed by atoms with Gasteiger partial charge in [-0.15, -0.1) is 0 Å². The zero-order chi connectivity index (χ0) is 11.5. The quantitative estimate of drug-likeness (QED) is 0.849. The fourth-order valence-corrected chi connectivity index (χ4v) is 2.01. The smallest absolute Gasteiger partial charge is 0.171 e. The Kier molecular flexibility index (Phi) is 3.39. The first-order chi connectivity index (χ1) is 7.72. The number of aliphatic hydroxyl groups is 1. The first-order valence-corrected chi connectivity index (χ1v) is 5.67. The number of hydrogen-bond donors (Lipinski definition) is 1. The molecule has 16 heavy (non-hydrogen) atoms. The Morgan fingerprint density at radius 2 is 2.31 bits per heavy atom. The first-order valence-electron chi connectivity index (χ1n) is 5.67. The minimum absolute atomic E-state index is 0.279.